The van der Waals surface area contributed by atoms with E-state index in [1.807, 2.05) is 48.5 Å². The zero-order valence-corrected chi connectivity index (χ0v) is 48.6. The van der Waals surface area contributed by atoms with Crippen molar-refractivity contribution in [2.24, 2.45) is 0 Å². The predicted octanol–water partition coefficient (Wildman–Crippen LogP) is 21.5. The molecule has 0 bridgehead atoms. The summed E-state index contributed by atoms with van der Waals surface area (Å²) < 4.78 is 12.1. The second kappa shape index (κ2) is 44.4. The number of carbonyl (C=O) groups is 2. The number of carbonyl (C=O) groups excluding carboxylic acids is 2. The van der Waals surface area contributed by atoms with Gasteiger partial charge in [-0.2, -0.15) is 0 Å². The van der Waals surface area contributed by atoms with Crippen LogP contribution in [-0.4, -0.2) is 25.0 Å². The summed E-state index contributed by atoms with van der Waals surface area (Å²) in [6, 6.07) is 31.1. The second-order valence-electron chi connectivity index (χ2n) is 22.2. The van der Waals surface area contributed by atoms with Gasteiger partial charge in [0, 0.05) is 11.1 Å². The van der Waals surface area contributed by atoms with Crippen LogP contribution in [0.2, 0.25) is 0 Å². The van der Waals surface area contributed by atoms with Crippen LogP contribution in [-0.2, 0) is 0 Å². The predicted molar refractivity (Wildman–Crippen MR) is 326 cm³/mol. The number of ether oxygens (including phenoxy) is 2. The van der Waals surface area contributed by atoms with Crippen LogP contribution in [0.15, 0.2) is 97.1 Å². The SMILES string of the molecule is CCCCCCCCCCCCCCCCCCCCCCOc1ccc(-c2ccc(C(=O)NNC(=O)c3ccc(-c4ccc(OCCCCCCCCCCCCCCCCCCCCCC)cc4)cc3)cc2)cc1. The fourth-order valence-electron chi connectivity index (χ4n) is 10.5. The summed E-state index contributed by atoms with van der Waals surface area (Å²) in [4.78, 5) is 25.9. The molecule has 0 radical (unpaired) electrons. The Morgan fingerprint density at radius 3 is 0.658 bits per heavy atom. The molecule has 4 rings (SSSR count). The molecule has 2 N–H and O–H groups in total. The highest BCUT2D eigenvalue weighted by Gasteiger charge is 2.11. The molecule has 76 heavy (non-hydrogen) atoms. The van der Waals surface area contributed by atoms with Crippen molar-refractivity contribution in [2.45, 2.75) is 271 Å². The molecule has 0 saturated carbocycles. The van der Waals surface area contributed by atoms with Crippen LogP contribution in [0, 0.1) is 0 Å². The van der Waals surface area contributed by atoms with Crippen molar-refractivity contribution >= 4 is 11.8 Å². The zero-order chi connectivity index (χ0) is 53.6. The van der Waals surface area contributed by atoms with Gasteiger partial charge in [-0.3, -0.25) is 20.4 Å². The summed E-state index contributed by atoms with van der Waals surface area (Å²) in [7, 11) is 0. The maximum absolute atomic E-state index is 12.9. The molecule has 2 amide bonds. The second-order valence-corrected chi connectivity index (χ2v) is 22.2. The van der Waals surface area contributed by atoms with Gasteiger partial charge in [0.05, 0.1) is 13.2 Å². The Kier molecular flexibility index (Phi) is 37.4. The maximum atomic E-state index is 12.9. The lowest BCUT2D eigenvalue weighted by Gasteiger charge is -2.10. The van der Waals surface area contributed by atoms with Crippen molar-refractivity contribution in [1.29, 1.82) is 0 Å². The largest absolute Gasteiger partial charge is 0.494 e. The number of amides is 2. The first-order valence-corrected chi connectivity index (χ1v) is 31.8. The van der Waals surface area contributed by atoms with Gasteiger partial charge in [-0.25, -0.2) is 0 Å². The monoisotopic (exact) mass is 1040 g/mol. The summed E-state index contributed by atoms with van der Waals surface area (Å²) in [5.41, 5.74) is 10.2. The third kappa shape index (κ3) is 31.0. The van der Waals surface area contributed by atoms with Gasteiger partial charge >= 0.3 is 0 Å². The molecule has 0 aromatic heterocycles. The van der Waals surface area contributed by atoms with Crippen LogP contribution in [0.1, 0.15) is 291 Å². The van der Waals surface area contributed by atoms with Gasteiger partial charge in [0.15, 0.2) is 0 Å². The molecule has 0 aliphatic carbocycles. The van der Waals surface area contributed by atoms with Crippen molar-refractivity contribution in [3.63, 3.8) is 0 Å². The Balaban J connectivity index is 0.956. The average molecular weight is 1040 g/mol. The van der Waals surface area contributed by atoms with Crippen molar-refractivity contribution < 1.29 is 19.1 Å². The third-order valence-electron chi connectivity index (χ3n) is 15.5. The molecule has 0 aliphatic rings. The molecule has 422 valence electrons. The lowest BCUT2D eigenvalue weighted by molar-refractivity contribution is 0.0846. The van der Waals surface area contributed by atoms with E-state index < -0.39 is 0 Å². The Labute approximate surface area is 465 Å². The van der Waals surface area contributed by atoms with E-state index in [-0.39, 0.29) is 11.8 Å². The molecule has 6 heteroatoms. The van der Waals surface area contributed by atoms with Crippen LogP contribution in [0.25, 0.3) is 22.3 Å². The Morgan fingerprint density at radius 2 is 0.447 bits per heavy atom. The van der Waals surface area contributed by atoms with E-state index in [0.717, 1.165) is 59.8 Å². The normalized spacial score (nSPS) is 11.2. The molecular formula is C70H108N2O4. The van der Waals surface area contributed by atoms with Gasteiger partial charge < -0.3 is 9.47 Å². The quantitative estimate of drug-likeness (QED) is 0.0341. The van der Waals surface area contributed by atoms with Crippen LogP contribution in [0.4, 0.5) is 0 Å². The first-order valence-electron chi connectivity index (χ1n) is 31.8. The van der Waals surface area contributed by atoms with Crippen LogP contribution in [0.3, 0.4) is 0 Å². The highest BCUT2D eigenvalue weighted by atomic mass is 16.5. The number of hydrazine groups is 1. The summed E-state index contributed by atoms with van der Waals surface area (Å²) in [6.45, 7) is 6.08. The van der Waals surface area contributed by atoms with Crippen molar-refractivity contribution in [3.8, 4) is 33.8 Å². The Morgan fingerprint density at radius 1 is 0.263 bits per heavy atom. The van der Waals surface area contributed by atoms with E-state index in [1.165, 1.54) is 244 Å². The maximum Gasteiger partial charge on any atom is 0.269 e. The molecule has 6 nitrogen and oxygen atoms in total. The summed E-state index contributed by atoms with van der Waals surface area (Å²) in [5.74, 6) is 1.01. The molecule has 4 aromatic carbocycles. The minimum atomic E-state index is -0.377. The van der Waals surface area contributed by atoms with E-state index in [2.05, 4.69) is 49.0 Å². The number of hydrogen-bond acceptors (Lipinski definition) is 4. The number of unbranched alkanes of at least 4 members (excludes halogenated alkanes) is 38. The molecule has 0 fully saturated rings. The fraction of sp³-hybridized carbons (Fsp3) is 0.629. The average Bonchev–Trinajstić information content (AvgIpc) is 3.45. The van der Waals surface area contributed by atoms with E-state index in [1.54, 1.807) is 24.3 Å². The third-order valence-corrected chi connectivity index (χ3v) is 15.5. The number of benzene rings is 4. The lowest BCUT2D eigenvalue weighted by Crippen LogP contribution is -2.41. The minimum absolute atomic E-state index is 0.377. The van der Waals surface area contributed by atoms with E-state index >= 15 is 0 Å². The summed E-state index contributed by atoms with van der Waals surface area (Å²) in [5, 5.41) is 0. The molecule has 0 heterocycles. The standard InChI is InChI=1S/C70H108N2O4/c1-3-5-7-9-11-13-15-17-19-21-23-25-27-29-31-33-35-37-39-41-59-75-67-55-51-63(52-56-67)61-43-47-65(48-44-61)69(73)71-72-70(74)66-49-45-62(46-50-66)64-53-57-68(58-54-64)76-60-42-40-38-36-34-32-30-28-26-24-22-20-18-16-14-12-10-8-6-4-2/h43-58H,3-42,59-60H2,1-2H3,(H,71,73)(H,72,74). The fourth-order valence-corrected chi connectivity index (χ4v) is 10.5. The molecule has 0 aliphatic heterocycles. The molecule has 0 saturated heterocycles. The Hall–Kier alpha value is -4.58. The lowest BCUT2D eigenvalue weighted by atomic mass is 10.0. The number of rotatable bonds is 48. The van der Waals surface area contributed by atoms with E-state index in [4.69, 9.17) is 9.47 Å². The summed E-state index contributed by atoms with van der Waals surface area (Å²) >= 11 is 0. The minimum Gasteiger partial charge on any atom is -0.494 e. The first kappa shape index (κ1) is 63.9. The van der Waals surface area contributed by atoms with Gasteiger partial charge in [-0.05, 0) is 83.6 Å². The zero-order valence-electron chi connectivity index (χ0n) is 48.6. The van der Waals surface area contributed by atoms with E-state index in [9.17, 15) is 9.59 Å². The van der Waals surface area contributed by atoms with Gasteiger partial charge in [-0.1, -0.05) is 306 Å². The first-order chi connectivity index (χ1) is 37.6. The van der Waals surface area contributed by atoms with E-state index in [0.29, 0.717) is 11.1 Å². The molecule has 0 unspecified atom stereocenters. The smallest absolute Gasteiger partial charge is 0.269 e. The van der Waals surface area contributed by atoms with Gasteiger partial charge in [0.1, 0.15) is 11.5 Å². The topological polar surface area (TPSA) is 76.7 Å². The highest BCUT2D eigenvalue weighted by Crippen LogP contribution is 2.26. The van der Waals surface area contributed by atoms with Gasteiger partial charge in [-0.15, -0.1) is 0 Å². The molecule has 4 aromatic rings. The van der Waals surface area contributed by atoms with Gasteiger partial charge in [0.2, 0.25) is 0 Å². The number of hydrogen-bond donors (Lipinski definition) is 2. The van der Waals surface area contributed by atoms with Crippen molar-refractivity contribution in [3.05, 3.63) is 108 Å². The van der Waals surface area contributed by atoms with Gasteiger partial charge in [0.25, 0.3) is 11.8 Å². The van der Waals surface area contributed by atoms with Crippen LogP contribution >= 0.6 is 0 Å². The Bertz CT molecular complexity index is 1830. The molecule has 0 spiro atoms. The van der Waals surface area contributed by atoms with Crippen molar-refractivity contribution in [2.75, 3.05) is 13.2 Å². The highest BCUT2D eigenvalue weighted by molar-refractivity contribution is 5.99. The summed E-state index contributed by atoms with van der Waals surface area (Å²) in [6.07, 6.45) is 55.4. The number of nitrogens with one attached hydrogen (secondary N) is 2. The molecular weight excluding hydrogens is 933 g/mol. The molecule has 0 atom stereocenters. The van der Waals surface area contributed by atoms with Crippen LogP contribution in [0.5, 0.6) is 11.5 Å². The van der Waals surface area contributed by atoms with Crippen LogP contribution < -0.4 is 20.3 Å². The van der Waals surface area contributed by atoms with Crippen molar-refractivity contribution in [1.82, 2.24) is 10.9 Å².